The van der Waals surface area contributed by atoms with Crippen LogP contribution in [0, 0.1) is 0 Å². The van der Waals surface area contributed by atoms with Crippen LogP contribution in [0.2, 0.25) is 0 Å². The van der Waals surface area contributed by atoms with Gasteiger partial charge in [0.25, 0.3) is 0 Å². The molecule has 2 N–H and O–H groups in total. The minimum Gasteiger partial charge on any atom is -0.379 e. The molecule has 2 heterocycles. The van der Waals surface area contributed by atoms with Gasteiger partial charge in [0.05, 0.1) is 19.3 Å². The summed E-state index contributed by atoms with van der Waals surface area (Å²) < 4.78 is 7.07. The normalized spacial score (nSPS) is 17.7. The Labute approximate surface area is 118 Å². The number of amides is 2. The Kier molecular flexibility index (Phi) is 5.31. The van der Waals surface area contributed by atoms with Crippen LogP contribution in [0.4, 0.5) is 4.79 Å². The Bertz CT molecular complexity index is 429. The first-order chi connectivity index (χ1) is 9.66. The van der Waals surface area contributed by atoms with E-state index in [2.05, 4.69) is 25.7 Å². The molecule has 0 saturated carbocycles. The smallest absolute Gasteiger partial charge is 0.315 e. The maximum atomic E-state index is 11.8. The first kappa shape index (κ1) is 14.7. The Morgan fingerprint density at radius 2 is 2.25 bits per heavy atom. The van der Waals surface area contributed by atoms with Crippen LogP contribution >= 0.6 is 0 Å². The number of urea groups is 1. The van der Waals surface area contributed by atoms with Crippen molar-refractivity contribution < 1.29 is 9.53 Å². The molecule has 0 spiro atoms. The fourth-order valence-corrected chi connectivity index (χ4v) is 2.15. The van der Waals surface area contributed by atoms with Gasteiger partial charge in [-0.25, -0.2) is 4.79 Å². The average molecular weight is 282 g/mol. The fourth-order valence-electron chi connectivity index (χ4n) is 2.15. The molecule has 1 aliphatic rings. The van der Waals surface area contributed by atoms with E-state index in [-0.39, 0.29) is 12.1 Å². The van der Waals surface area contributed by atoms with Crippen molar-refractivity contribution in [3.8, 4) is 0 Å². The molecular formula is C12H22N6O2. The predicted octanol–water partition coefficient (Wildman–Crippen LogP) is -0.492. The monoisotopic (exact) mass is 282 g/mol. The van der Waals surface area contributed by atoms with Gasteiger partial charge < -0.3 is 19.9 Å². The summed E-state index contributed by atoms with van der Waals surface area (Å²) in [6.45, 7) is 6.75. The zero-order valence-corrected chi connectivity index (χ0v) is 12.0. The SMILES string of the molecule is C[C@H](NC(=O)NCCN1CCOCC1)c1nncn1C. The van der Waals surface area contributed by atoms with Crippen LogP contribution in [-0.2, 0) is 11.8 Å². The summed E-state index contributed by atoms with van der Waals surface area (Å²) in [6, 6.07) is -0.361. The molecule has 0 radical (unpaired) electrons. The van der Waals surface area contributed by atoms with Crippen LogP contribution < -0.4 is 10.6 Å². The molecule has 20 heavy (non-hydrogen) atoms. The standard InChI is InChI=1S/C12H22N6O2/c1-10(11-16-14-9-17(11)2)15-12(19)13-3-4-18-5-7-20-8-6-18/h9-10H,3-8H2,1-2H3,(H2,13,15,19)/t10-/m0/s1. The zero-order valence-electron chi connectivity index (χ0n) is 12.0. The van der Waals surface area contributed by atoms with E-state index in [1.807, 2.05) is 14.0 Å². The maximum Gasteiger partial charge on any atom is 0.315 e. The highest BCUT2D eigenvalue weighted by Crippen LogP contribution is 2.06. The van der Waals surface area contributed by atoms with Gasteiger partial charge in [-0.3, -0.25) is 4.90 Å². The summed E-state index contributed by atoms with van der Waals surface area (Å²) in [6.07, 6.45) is 1.61. The third-order valence-corrected chi connectivity index (χ3v) is 3.30. The third-order valence-electron chi connectivity index (χ3n) is 3.30. The summed E-state index contributed by atoms with van der Waals surface area (Å²) in [5, 5.41) is 13.5. The summed E-state index contributed by atoms with van der Waals surface area (Å²) in [7, 11) is 1.85. The Morgan fingerprint density at radius 3 is 2.90 bits per heavy atom. The number of rotatable bonds is 5. The van der Waals surface area contributed by atoms with Gasteiger partial charge in [-0.05, 0) is 6.92 Å². The van der Waals surface area contributed by atoms with Gasteiger partial charge in [0, 0.05) is 33.2 Å². The van der Waals surface area contributed by atoms with Crippen molar-refractivity contribution in [3.63, 3.8) is 0 Å². The number of carbonyl (C=O) groups excluding carboxylic acids is 1. The van der Waals surface area contributed by atoms with Gasteiger partial charge in [0.2, 0.25) is 0 Å². The molecule has 1 aliphatic heterocycles. The molecule has 1 aromatic rings. The van der Waals surface area contributed by atoms with Crippen molar-refractivity contribution in [2.75, 3.05) is 39.4 Å². The van der Waals surface area contributed by atoms with Crippen molar-refractivity contribution in [3.05, 3.63) is 12.2 Å². The second-order valence-corrected chi connectivity index (χ2v) is 4.88. The summed E-state index contributed by atoms with van der Waals surface area (Å²) in [4.78, 5) is 14.1. The first-order valence-electron chi connectivity index (χ1n) is 6.85. The lowest BCUT2D eigenvalue weighted by Crippen LogP contribution is -2.44. The van der Waals surface area contributed by atoms with E-state index >= 15 is 0 Å². The number of aromatic nitrogens is 3. The summed E-state index contributed by atoms with van der Waals surface area (Å²) in [5.41, 5.74) is 0. The van der Waals surface area contributed by atoms with Crippen molar-refractivity contribution in [1.29, 1.82) is 0 Å². The zero-order chi connectivity index (χ0) is 14.4. The van der Waals surface area contributed by atoms with Gasteiger partial charge >= 0.3 is 6.03 Å². The molecule has 8 nitrogen and oxygen atoms in total. The summed E-state index contributed by atoms with van der Waals surface area (Å²) in [5.74, 6) is 0.730. The van der Waals surface area contributed by atoms with Gasteiger partial charge in [-0.1, -0.05) is 0 Å². The average Bonchev–Trinajstić information content (AvgIpc) is 2.86. The van der Waals surface area contributed by atoms with Crippen molar-refractivity contribution in [2.45, 2.75) is 13.0 Å². The van der Waals surface area contributed by atoms with Gasteiger partial charge in [-0.2, -0.15) is 0 Å². The highest BCUT2D eigenvalue weighted by molar-refractivity contribution is 5.74. The molecule has 8 heteroatoms. The molecule has 0 aliphatic carbocycles. The number of ether oxygens (including phenoxy) is 1. The number of aryl methyl sites for hydroxylation is 1. The molecule has 0 aromatic carbocycles. The second kappa shape index (κ2) is 7.20. The van der Waals surface area contributed by atoms with Crippen LogP contribution in [-0.4, -0.2) is 65.1 Å². The minimum absolute atomic E-state index is 0.175. The molecule has 2 rings (SSSR count). The van der Waals surface area contributed by atoms with E-state index in [9.17, 15) is 4.79 Å². The quantitative estimate of drug-likeness (QED) is 0.761. The Morgan fingerprint density at radius 1 is 1.50 bits per heavy atom. The second-order valence-electron chi connectivity index (χ2n) is 4.88. The fraction of sp³-hybridized carbons (Fsp3) is 0.750. The number of hydrogen-bond acceptors (Lipinski definition) is 5. The lowest BCUT2D eigenvalue weighted by atomic mass is 10.3. The van der Waals surface area contributed by atoms with Crippen molar-refractivity contribution in [1.82, 2.24) is 30.3 Å². The van der Waals surface area contributed by atoms with Gasteiger partial charge in [-0.15, -0.1) is 10.2 Å². The number of nitrogens with one attached hydrogen (secondary N) is 2. The highest BCUT2D eigenvalue weighted by Gasteiger charge is 2.14. The number of hydrogen-bond donors (Lipinski definition) is 2. The minimum atomic E-state index is -0.186. The molecule has 1 aromatic heterocycles. The number of morpholine rings is 1. The van der Waals surface area contributed by atoms with E-state index in [0.29, 0.717) is 6.54 Å². The lowest BCUT2D eigenvalue weighted by Gasteiger charge is -2.26. The first-order valence-corrected chi connectivity index (χ1v) is 6.85. The molecule has 2 amide bonds. The largest absolute Gasteiger partial charge is 0.379 e. The van der Waals surface area contributed by atoms with Gasteiger partial charge in [0.1, 0.15) is 6.33 Å². The van der Waals surface area contributed by atoms with Crippen molar-refractivity contribution in [2.24, 2.45) is 7.05 Å². The highest BCUT2D eigenvalue weighted by atomic mass is 16.5. The molecule has 0 bridgehead atoms. The molecule has 1 atom stereocenters. The number of nitrogens with zero attached hydrogens (tertiary/aromatic N) is 4. The van der Waals surface area contributed by atoms with E-state index in [1.165, 1.54) is 0 Å². The van der Waals surface area contributed by atoms with E-state index < -0.39 is 0 Å². The lowest BCUT2D eigenvalue weighted by molar-refractivity contribution is 0.0387. The van der Waals surface area contributed by atoms with E-state index in [4.69, 9.17) is 4.74 Å². The molecule has 1 fully saturated rings. The van der Waals surface area contributed by atoms with E-state index in [1.54, 1.807) is 10.9 Å². The van der Waals surface area contributed by atoms with Crippen LogP contribution in [0.15, 0.2) is 6.33 Å². The third kappa shape index (κ3) is 4.17. The number of carbonyl (C=O) groups is 1. The molecule has 112 valence electrons. The summed E-state index contributed by atoms with van der Waals surface area (Å²) >= 11 is 0. The maximum absolute atomic E-state index is 11.8. The predicted molar refractivity (Wildman–Crippen MR) is 73.2 cm³/mol. The van der Waals surface area contributed by atoms with Gasteiger partial charge in [0.15, 0.2) is 5.82 Å². The Hall–Kier alpha value is -1.67. The molecule has 1 saturated heterocycles. The molecular weight excluding hydrogens is 260 g/mol. The topological polar surface area (TPSA) is 84.3 Å². The van der Waals surface area contributed by atoms with Crippen LogP contribution in [0.1, 0.15) is 18.8 Å². The van der Waals surface area contributed by atoms with Crippen LogP contribution in [0.3, 0.4) is 0 Å². The van der Waals surface area contributed by atoms with Crippen LogP contribution in [0.25, 0.3) is 0 Å². The van der Waals surface area contributed by atoms with Crippen molar-refractivity contribution >= 4 is 6.03 Å². The van der Waals surface area contributed by atoms with Crippen LogP contribution in [0.5, 0.6) is 0 Å². The Balaban J connectivity index is 1.66. The molecule has 0 unspecified atom stereocenters. The van der Waals surface area contributed by atoms with E-state index in [0.717, 1.165) is 38.7 Å².